The molecule has 6 heteroatoms. The van der Waals surface area contributed by atoms with Crippen molar-refractivity contribution in [1.82, 2.24) is 9.59 Å². The first-order valence-electron chi connectivity index (χ1n) is 2.92. The summed E-state index contributed by atoms with van der Waals surface area (Å²) < 4.78 is 3.57. The second-order valence-electron chi connectivity index (χ2n) is 1.89. The van der Waals surface area contributed by atoms with E-state index in [4.69, 9.17) is 11.6 Å². The highest BCUT2D eigenvalue weighted by atomic mass is 35.5. The van der Waals surface area contributed by atoms with E-state index in [1.54, 1.807) is 6.92 Å². The smallest absolute Gasteiger partial charge is 0.242 e. The molecule has 1 aromatic rings. The van der Waals surface area contributed by atoms with E-state index in [9.17, 15) is 4.79 Å². The van der Waals surface area contributed by atoms with Crippen molar-refractivity contribution >= 4 is 34.0 Å². The van der Waals surface area contributed by atoms with Gasteiger partial charge in [0.2, 0.25) is 5.91 Å². The molecule has 1 atom stereocenters. The van der Waals surface area contributed by atoms with Crippen molar-refractivity contribution in [2.24, 2.45) is 0 Å². The quantitative estimate of drug-likeness (QED) is 0.713. The van der Waals surface area contributed by atoms with Gasteiger partial charge in [-0.15, -0.1) is 16.7 Å². The van der Waals surface area contributed by atoms with E-state index in [2.05, 4.69) is 14.9 Å². The molecule has 0 saturated heterocycles. The van der Waals surface area contributed by atoms with Gasteiger partial charge >= 0.3 is 0 Å². The molecule has 1 aromatic heterocycles. The summed E-state index contributed by atoms with van der Waals surface area (Å²) in [4.78, 5) is 10.9. The fourth-order valence-corrected chi connectivity index (χ4v) is 0.920. The van der Waals surface area contributed by atoms with Crippen molar-refractivity contribution in [1.29, 1.82) is 0 Å². The van der Waals surface area contributed by atoms with E-state index in [0.717, 1.165) is 11.5 Å². The zero-order valence-corrected chi connectivity index (χ0v) is 7.32. The Kier molecular flexibility index (Phi) is 2.78. The number of amides is 1. The molecule has 0 radical (unpaired) electrons. The van der Waals surface area contributed by atoms with Gasteiger partial charge in [0.15, 0.2) is 0 Å². The maximum Gasteiger partial charge on any atom is 0.242 e. The van der Waals surface area contributed by atoms with Crippen molar-refractivity contribution in [2.45, 2.75) is 12.3 Å². The highest BCUT2D eigenvalue weighted by molar-refractivity contribution is 7.10. The summed E-state index contributed by atoms with van der Waals surface area (Å²) in [6.45, 7) is 1.60. The number of alkyl halides is 1. The van der Waals surface area contributed by atoms with Gasteiger partial charge in [0.05, 0.1) is 6.20 Å². The molecule has 0 aliphatic carbocycles. The Morgan fingerprint density at radius 1 is 1.91 bits per heavy atom. The molecule has 0 fully saturated rings. The SMILES string of the molecule is CC(Cl)C(=O)Nc1cnns1. The summed E-state index contributed by atoms with van der Waals surface area (Å²) >= 11 is 6.61. The lowest BCUT2D eigenvalue weighted by Gasteiger charge is -2.00. The predicted octanol–water partition coefficient (Wildman–Crippen LogP) is 1.10. The van der Waals surface area contributed by atoms with E-state index in [0.29, 0.717) is 5.00 Å². The Labute approximate surface area is 72.7 Å². The monoisotopic (exact) mass is 191 g/mol. The Morgan fingerprint density at radius 3 is 3.09 bits per heavy atom. The van der Waals surface area contributed by atoms with Gasteiger partial charge in [-0.3, -0.25) is 4.79 Å². The van der Waals surface area contributed by atoms with Crippen LogP contribution in [0.15, 0.2) is 6.20 Å². The third-order valence-electron chi connectivity index (χ3n) is 0.969. The molecule has 1 N–H and O–H groups in total. The lowest BCUT2D eigenvalue weighted by molar-refractivity contribution is -0.115. The predicted molar refractivity (Wildman–Crippen MR) is 43.9 cm³/mol. The van der Waals surface area contributed by atoms with Gasteiger partial charge in [-0.2, -0.15) is 0 Å². The number of rotatable bonds is 2. The first-order chi connectivity index (χ1) is 5.20. The van der Waals surface area contributed by atoms with E-state index < -0.39 is 5.38 Å². The summed E-state index contributed by atoms with van der Waals surface area (Å²) in [7, 11) is 0. The Bertz CT molecular complexity index is 236. The molecule has 0 spiro atoms. The molecule has 0 saturated carbocycles. The third kappa shape index (κ3) is 2.44. The van der Waals surface area contributed by atoms with Gasteiger partial charge in [-0.1, -0.05) is 4.49 Å². The second-order valence-corrected chi connectivity index (χ2v) is 3.33. The van der Waals surface area contributed by atoms with E-state index in [-0.39, 0.29) is 5.91 Å². The topological polar surface area (TPSA) is 54.9 Å². The number of nitrogens with zero attached hydrogens (tertiary/aromatic N) is 2. The Balaban J connectivity index is 2.50. The number of nitrogens with one attached hydrogen (secondary N) is 1. The van der Waals surface area contributed by atoms with Crippen LogP contribution in [0.5, 0.6) is 0 Å². The Hall–Kier alpha value is -0.680. The van der Waals surface area contributed by atoms with Gasteiger partial charge in [0.25, 0.3) is 0 Å². The molecule has 60 valence electrons. The van der Waals surface area contributed by atoms with Crippen molar-refractivity contribution in [3.8, 4) is 0 Å². The molecule has 0 aliphatic heterocycles. The van der Waals surface area contributed by atoms with Crippen LogP contribution in [-0.4, -0.2) is 20.9 Å². The third-order valence-corrected chi connectivity index (χ3v) is 1.75. The second kappa shape index (κ2) is 3.64. The van der Waals surface area contributed by atoms with Gasteiger partial charge in [0, 0.05) is 11.5 Å². The summed E-state index contributed by atoms with van der Waals surface area (Å²) in [5.41, 5.74) is 0. The Morgan fingerprint density at radius 2 is 2.64 bits per heavy atom. The minimum Gasteiger partial charge on any atom is -0.314 e. The van der Waals surface area contributed by atoms with Crippen LogP contribution in [-0.2, 0) is 4.79 Å². The normalized spacial score (nSPS) is 12.5. The van der Waals surface area contributed by atoms with Crippen LogP contribution in [0.2, 0.25) is 0 Å². The zero-order chi connectivity index (χ0) is 8.27. The number of anilines is 1. The van der Waals surface area contributed by atoms with Crippen molar-refractivity contribution in [3.63, 3.8) is 0 Å². The molecular formula is C5H6ClN3OS. The maximum atomic E-state index is 10.9. The van der Waals surface area contributed by atoms with E-state index in [1.165, 1.54) is 6.20 Å². The van der Waals surface area contributed by atoms with Crippen LogP contribution in [0.25, 0.3) is 0 Å². The van der Waals surface area contributed by atoms with Crippen LogP contribution >= 0.6 is 23.1 Å². The minimum atomic E-state index is -0.530. The van der Waals surface area contributed by atoms with Crippen molar-refractivity contribution in [2.75, 3.05) is 5.32 Å². The molecule has 0 bridgehead atoms. The largest absolute Gasteiger partial charge is 0.314 e. The van der Waals surface area contributed by atoms with Crippen LogP contribution in [0.1, 0.15) is 6.92 Å². The number of carbonyl (C=O) groups is 1. The molecule has 1 unspecified atom stereocenters. The number of carbonyl (C=O) groups excluding carboxylic acids is 1. The first-order valence-corrected chi connectivity index (χ1v) is 4.13. The van der Waals surface area contributed by atoms with E-state index in [1.807, 2.05) is 0 Å². The molecule has 4 nitrogen and oxygen atoms in total. The molecule has 11 heavy (non-hydrogen) atoms. The fraction of sp³-hybridized carbons (Fsp3) is 0.400. The summed E-state index contributed by atoms with van der Waals surface area (Å²) in [5, 5.41) is 6.17. The van der Waals surface area contributed by atoms with Gasteiger partial charge in [-0.05, 0) is 6.92 Å². The summed E-state index contributed by atoms with van der Waals surface area (Å²) in [6.07, 6.45) is 1.47. The van der Waals surface area contributed by atoms with Crippen molar-refractivity contribution < 1.29 is 4.79 Å². The van der Waals surface area contributed by atoms with Crippen LogP contribution in [0.3, 0.4) is 0 Å². The molecule has 0 aliphatic rings. The average molecular weight is 192 g/mol. The minimum absolute atomic E-state index is 0.238. The number of hydrogen-bond donors (Lipinski definition) is 1. The molecule has 1 amide bonds. The molecule has 1 heterocycles. The lowest BCUT2D eigenvalue weighted by Crippen LogP contribution is -2.19. The standard InChI is InChI=1S/C5H6ClN3OS/c1-3(6)5(10)8-4-2-7-9-11-4/h2-3H,1H3,(H,8,10). The fourth-order valence-electron chi connectivity index (χ4n) is 0.443. The van der Waals surface area contributed by atoms with Crippen LogP contribution in [0, 0.1) is 0 Å². The zero-order valence-electron chi connectivity index (χ0n) is 5.74. The highest BCUT2D eigenvalue weighted by Crippen LogP contribution is 2.10. The molecular weight excluding hydrogens is 186 g/mol. The van der Waals surface area contributed by atoms with Crippen LogP contribution < -0.4 is 5.32 Å². The van der Waals surface area contributed by atoms with Crippen LogP contribution in [0.4, 0.5) is 5.00 Å². The maximum absolute atomic E-state index is 10.9. The first kappa shape index (κ1) is 8.42. The average Bonchev–Trinajstić information content (AvgIpc) is 2.39. The van der Waals surface area contributed by atoms with E-state index >= 15 is 0 Å². The number of aromatic nitrogens is 2. The summed E-state index contributed by atoms with van der Waals surface area (Å²) in [6, 6.07) is 0. The number of hydrogen-bond acceptors (Lipinski definition) is 4. The summed E-state index contributed by atoms with van der Waals surface area (Å²) in [5.74, 6) is -0.238. The molecule has 0 aromatic carbocycles. The van der Waals surface area contributed by atoms with Gasteiger partial charge < -0.3 is 5.32 Å². The van der Waals surface area contributed by atoms with Gasteiger partial charge in [-0.25, -0.2) is 0 Å². The van der Waals surface area contributed by atoms with Gasteiger partial charge in [0.1, 0.15) is 10.4 Å². The van der Waals surface area contributed by atoms with Crippen molar-refractivity contribution in [3.05, 3.63) is 6.20 Å². The molecule has 1 rings (SSSR count). The highest BCUT2D eigenvalue weighted by Gasteiger charge is 2.09. The number of halogens is 1. The lowest BCUT2D eigenvalue weighted by atomic mass is 10.4.